The lowest BCUT2D eigenvalue weighted by atomic mass is 10.1. The summed E-state index contributed by atoms with van der Waals surface area (Å²) in [5, 5.41) is 12.5. The summed E-state index contributed by atoms with van der Waals surface area (Å²) in [5.74, 6) is -0.499. The minimum Gasteiger partial charge on any atom is -0.476 e. The number of carbonyl (C=O) groups is 1. The number of aromatic carboxylic acids is 1. The first-order valence-corrected chi connectivity index (χ1v) is 7.68. The van der Waals surface area contributed by atoms with Gasteiger partial charge < -0.3 is 10.4 Å². The number of rotatable bonds is 9. The van der Waals surface area contributed by atoms with E-state index >= 15 is 0 Å². The molecule has 0 aromatic carbocycles. The van der Waals surface area contributed by atoms with Crippen molar-refractivity contribution in [3.05, 3.63) is 30.1 Å². The molecule has 0 unspecified atom stereocenters. The van der Waals surface area contributed by atoms with E-state index < -0.39 is 5.97 Å². The molecule has 0 saturated carbocycles. The van der Waals surface area contributed by atoms with Crippen molar-refractivity contribution in [2.75, 3.05) is 11.9 Å². The molecule has 21 heavy (non-hydrogen) atoms. The SMILES string of the molecule is CCCCCCCCNc1nc2ccccn2c1C(=O)O. The highest BCUT2D eigenvalue weighted by molar-refractivity contribution is 5.92. The Balaban J connectivity index is 1.92. The molecule has 0 bridgehead atoms. The van der Waals surface area contributed by atoms with Crippen molar-refractivity contribution in [2.24, 2.45) is 0 Å². The van der Waals surface area contributed by atoms with E-state index in [0.717, 1.165) is 13.0 Å². The van der Waals surface area contributed by atoms with Gasteiger partial charge in [-0.2, -0.15) is 0 Å². The molecule has 2 rings (SSSR count). The van der Waals surface area contributed by atoms with Crippen LogP contribution in [0.25, 0.3) is 5.65 Å². The third-order valence-corrected chi connectivity index (χ3v) is 3.56. The number of imidazole rings is 1. The van der Waals surface area contributed by atoms with Gasteiger partial charge in [0, 0.05) is 12.7 Å². The maximum atomic E-state index is 11.4. The second-order valence-electron chi connectivity index (χ2n) is 5.24. The highest BCUT2D eigenvalue weighted by atomic mass is 16.4. The Morgan fingerprint density at radius 3 is 2.76 bits per heavy atom. The van der Waals surface area contributed by atoms with Gasteiger partial charge in [-0.3, -0.25) is 4.40 Å². The molecular formula is C16H23N3O2. The van der Waals surface area contributed by atoms with Crippen LogP contribution in [0.15, 0.2) is 24.4 Å². The summed E-state index contributed by atoms with van der Waals surface area (Å²) >= 11 is 0. The molecule has 0 fully saturated rings. The van der Waals surface area contributed by atoms with Crippen molar-refractivity contribution >= 4 is 17.4 Å². The van der Waals surface area contributed by atoms with Gasteiger partial charge >= 0.3 is 5.97 Å². The Kier molecular flexibility index (Phi) is 5.60. The lowest BCUT2D eigenvalue weighted by molar-refractivity contribution is 0.0690. The smallest absolute Gasteiger partial charge is 0.356 e. The summed E-state index contributed by atoms with van der Waals surface area (Å²) in [6.07, 6.45) is 9.00. The Morgan fingerprint density at radius 2 is 2.00 bits per heavy atom. The topological polar surface area (TPSA) is 66.6 Å². The van der Waals surface area contributed by atoms with Crippen LogP contribution in [0.2, 0.25) is 0 Å². The van der Waals surface area contributed by atoms with Gasteiger partial charge in [0.15, 0.2) is 11.5 Å². The Labute approximate surface area is 125 Å². The molecule has 5 nitrogen and oxygen atoms in total. The fourth-order valence-electron chi connectivity index (χ4n) is 2.44. The van der Waals surface area contributed by atoms with Gasteiger partial charge in [0.25, 0.3) is 0 Å². The summed E-state index contributed by atoms with van der Waals surface area (Å²) < 4.78 is 1.60. The number of hydrogen-bond donors (Lipinski definition) is 2. The number of carboxylic acids is 1. The zero-order valence-electron chi connectivity index (χ0n) is 12.5. The van der Waals surface area contributed by atoms with Gasteiger partial charge in [-0.25, -0.2) is 9.78 Å². The van der Waals surface area contributed by atoms with Crippen LogP contribution in [0.1, 0.15) is 55.9 Å². The molecule has 0 saturated heterocycles. The van der Waals surface area contributed by atoms with Crippen LogP contribution in [-0.2, 0) is 0 Å². The number of anilines is 1. The van der Waals surface area contributed by atoms with Crippen LogP contribution in [0.4, 0.5) is 5.82 Å². The number of nitrogens with zero attached hydrogens (tertiary/aromatic N) is 2. The van der Waals surface area contributed by atoms with E-state index in [4.69, 9.17) is 0 Å². The Morgan fingerprint density at radius 1 is 1.24 bits per heavy atom. The zero-order chi connectivity index (χ0) is 15.1. The molecule has 2 heterocycles. The average Bonchev–Trinajstić information content (AvgIpc) is 2.84. The predicted octanol–water partition coefficient (Wildman–Crippen LogP) is 3.80. The third kappa shape index (κ3) is 3.97. The summed E-state index contributed by atoms with van der Waals surface area (Å²) in [6.45, 7) is 2.97. The molecule has 5 heteroatoms. The number of pyridine rings is 1. The molecule has 0 atom stereocenters. The van der Waals surface area contributed by atoms with Crippen LogP contribution < -0.4 is 5.32 Å². The molecule has 2 aromatic rings. The quantitative estimate of drug-likeness (QED) is 0.689. The number of fused-ring (bicyclic) bond motifs is 1. The fourth-order valence-corrected chi connectivity index (χ4v) is 2.44. The van der Waals surface area contributed by atoms with Crippen LogP contribution in [0.3, 0.4) is 0 Å². The van der Waals surface area contributed by atoms with Crippen molar-refractivity contribution in [1.82, 2.24) is 9.38 Å². The van der Waals surface area contributed by atoms with E-state index in [0.29, 0.717) is 11.5 Å². The van der Waals surface area contributed by atoms with Gasteiger partial charge in [0.1, 0.15) is 5.65 Å². The standard InChI is InChI=1S/C16H23N3O2/c1-2-3-4-5-6-8-11-17-15-14(16(20)21)19-12-9-7-10-13(19)18-15/h7,9-10,12,17H,2-6,8,11H2,1H3,(H,20,21). The highest BCUT2D eigenvalue weighted by Crippen LogP contribution is 2.17. The maximum absolute atomic E-state index is 11.4. The first-order chi connectivity index (χ1) is 10.2. The molecule has 0 aliphatic heterocycles. The summed E-state index contributed by atoms with van der Waals surface area (Å²) in [4.78, 5) is 15.8. The van der Waals surface area contributed by atoms with E-state index in [-0.39, 0.29) is 5.69 Å². The third-order valence-electron chi connectivity index (χ3n) is 3.56. The van der Waals surface area contributed by atoms with Crippen molar-refractivity contribution in [1.29, 1.82) is 0 Å². The largest absolute Gasteiger partial charge is 0.476 e. The molecular weight excluding hydrogens is 266 g/mol. The Hall–Kier alpha value is -2.04. The summed E-state index contributed by atoms with van der Waals surface area (Å²) in [5.41, 5.74) is 0.858. The number of aromatic nitrogens is 2. The van der Waals surface area contributed by atoms with Crippen LogP contribution in [-0.4, -0.2) is 27.0 Å². The van der Waals surface area contributed by atoms with Gasteiger partial charge in [0.2, 0.25) is 0 Å². The highest BCUT2D eigenvalue weighted by Gasteiger charge is 2.17. The predicted molar refractivity (Wildman–Crippen MR) is 84.0 cm³/mol. The maximum Gasteiger partial charge on any atom is 0.356 e. The molecule has 0 spiro atoms. The number of carboxylic acid groups (broad SMARTS) is 1. The molecule has 2 aromatic heterocycles. The van der Waals surface area contributed by atoms with Crippen LogP contribution in [0, 0.1) is 0 Å². The molecule has 114 valence electrons. The summed E-state index contributed by atoms with van der Waals surface area (Å²) in [7, 11) is 0. The normalized spacial score (nSPS) is 10.9. The molecule has 0 aliphatic carbocycles. The van der Waals surface area contributed by atoms with Crippen LogP contribution >= 0.6 is 0 Å². The molecule has 0 radical (unpaired) electrons. The second kappa shape index (κ2) is 7.67. The van der Waals surface area contributed by atoms with Gasteiger partial charge in [0.05, 0.1) is 0 Å². The lowest BCUT2D eigenvalue weighted by Crippen LogP contribution is -2.09. The number of hydrogen-bond acceptors (Lipinski definition) is 3. The van der Waals surface area contributed by atoms with Crippen LogP contribution in [0.5, 0.6) is 0 Å². The van der Waals surface area contributed by atoms with Crippen molar-refractivity contribution in [3.8, 4) is 0 Å². The summed E-state index contributed by atoms with van der Waals surface area (Å²) in [6, 6.07) is 5.46. The van der Waals surface area contributed by atoms with Crippen molar-refractivity contribution in [3.63, 3.8) is 0 Å². The molecule has 2 N–H and O–H groups in total. The monoisotopic (exact) mass is 289 g/mol. The van der Waals surface area contributed by atoms with E-state index in [1.807, 2.05) is 12.1 Å². The second-order valence-corrected chi connectivity index (χ2v) is 5.24. The molecule has 0 amide bonds. The van der Waals surface area contributed by atoms with E-state index in [1.54, 1.807) is 16.7 Å². The van der Waals surface area contributed by atoms with Crippen molar-refractivity contribution < 1.29 is 9.90 Å². The first-order valence-electron chi connectivity index (χ1n) is 7.68. The van der Waals surface area contributed by atoms with Crippen molar-refractivity contribution in [2.45, 2.75) is 45.4 Å². The average molecular weight is 289 g/mol. The van der Waals surface area contributed by atoms with Gasteiger partial charge in [-0.05, 0) is 18.6 Å². The molecule has 0 aliphatic rings. The number of unbranched alkanes of at least 4 members (excludes halogenated alkanes) is 5. The number of nitrogens with one attached hydrogen (secondary N) is 1. The Bertz CT molecular complexity index is 592. The first kappa shape index (κ1) is 15.4. The minimum atomic E-state index is -0.959. The van der Waals surface area contributed by atoms with Gasteiger partial charge in [-0.1, -0.05) is 45.1 Å². The van der Waals surface area contributed by atoms with Gasteiger partial charge in [-0.15, -0.1) is 0 Å². The minimum absolute atomic E-state index is 0.205. The van der Waals surface area contributed by atoms with E-state index in [9.17, 15) is 9.90 Å². The lowest BCUT2D eigenvalue weighted by Gasteiger charge is -2.04. The zero-order valence-corrected chi connectivity index (χ0v) is 12.5. The van der Waals surface area contributed by atoms with E-state index in [1.165, 1.54) is 32.1 Å². The fraction of sp³-hybridized carbons (Fsp3) is 0.500. The van der Waals surface area contributed by atoms with E-state index in [2.05, 4.69) is 17.2 Å².